The average molecular weight is 324 g/mol. The van der Waals surface area contributed by atoms with Crippen molar-refractivity contribution in [2.24, 2.45) is 0 Å². The molecule has 0 unspecified atom stereocenters. The second kappa shape index (κ2) is 6.74. The van der Waals surface area contributed by atoms with Gasteiger partial charge in [0, 0.05) is 22.3 Å². The number of nitrogens with one attached hydrogen (secondary N) is 1. The highest BCUT2D eigenvalue weighted by Gasteiger charge is 2.06. The number of hydrogen-bond acceptors (Lipinski definition) is 1. The molecular formula is C16H12Cl2FNO. The fourth-order valence-electron chi connectivity index (χ4n) is 1.75. The zero-order valence-electron chi connectivity index (χ0n) is 11.2. The van der Waals surface area contributed by atoms with Crippen LogP contribution in [0.5, 0.6) is 0 Å². The third-order valence-electron chi connectivity index (χ3n) is 2.93. The maximum absolute atomic E-state index is 13.6. The number of benzene rings is 2. The summed E-state index contributed by atoms with van der Waals surface area (Å²) in [4.78, 5) is 11.9. The second-order valence-electron chi connectivity index (χ2n) is 4.37. The summed E-state index contributed by atoms with van der Waals surface area (Å²) in [6.07, 6.45) is 2.57. The van der Waals surface area contributed by atoms with Crippen molar-refractivity contribution >= 4 is 40.9 Å². The van der Waals surface area contributed by atoms with Crippen LogP contribution in [-0.4, -0.2) is 5.91 Å². The average Bonchev–Trinajstić information content (AvgIpc) is 2.43. The van der Waals surface area contributed by atoms with Crippen molar-refractivity contribution in [3.05, 3.63) is 69.5 Å². The van der Waals surface area contributed by atoms with Gasteiger partial charge in [0.25, 0.3) is 0 Å². The molecule has 0 heterocycles. The summed E-state index contributed by atoms with van der Waals surface area (Å²) in [6.45, 7) is 1.80. The van der Waals surface area contributed by atoms with E-state index in [0.717, 1.165) is 5.56 Å². The minimum absolute atomic E-state index is 0.178. The molecule has 1 amide bonds. The van der Waals surface area contributed by atoms with Gasteiger partial charge in [0.2, 0.25) is 5.91 Å². The van der Waals surface area contributed by atoms with Crippen LogP contribution < -0.4 is 5.32 Å². The van der Waals surface area contributed by atoms with Crippen LogP contribution in [0.2, 0.25) is 10.0 Å². The second-order valence-corrected chi connectivity index (χ2v) is 5.18. The molecule has 0 bridgehead atoms. The number of rotatable bonds is 3. The SMILES string of the molecule is Cc1c(Cl)cccc1NC(=O)C=Cc1c(F)cccc1Cl. The summed E-state index contributed by atoms with van der Waals surface area (Å²) in [7, 11) is 0. The fourth-order valence-corrected chi connectivity index (χ4v) is 2.15. The van der Waals surface area contributed by atoms with Gasteiger partial charge in [0.1, 0.15) is 5.82 Å². The first-order chi connectivity index (χ1) is 9.99. The molecule has 0 atom stereocenters. The maximum Gasteiger partial charge on any atom is 0.248 e. The summed E-state index contributed by atoms with van der Waals surface area (Å²) in [5.41, 5.74) is 1.55. The molecule has 2 aromatic rings. The van der Waals surface area contributed by atoms with E-state index in [-0.39, 0.29) is 16.5 Å². The van der Waals surface area contributed by atoms with Crippen LogP contribution in [0.4, 0.5) is 10.1 Å². The number of anilines is 1. The Kier molecular flexibility index (Phi) is 4.99. The Morgan fingerprint density at radius 1 is 1.14 bits per heavy atom. The van der Waals surface area contributed by atoms with Gasteiger partial charge in [0.15, 0.2) is 0 Å². The molecule has 0 fully saturated rings. The lowest BCUT2D eigenvalue weighted by Gasteiger charge is -2.07. The normalized spacial score (nSPS) is 10.9. The molecule has 0 aliphatic carbocycles. The highest BCUT2D eigenvalue weighted by atomic mass is 35.5. The maximum atomic E-state index is 13.6. The summed E-state index contributed by atoms with van der Waals surface area (Å²) in [5.74, 6) is -0.870. The molecule has 2 nitrogen and oxygen atoms in total. The van der Waals surface area contributed by atoms with Crippen LogP contribution in [0.1, 0.15) is 11.1 Å². The van der Waals surface area contributed by atoms with Crippen LogP contribution in [0.15, 0.2) is 42.5 Å². The number of hydrogen-bond donors (Lipinski definition) is 1. The van der Waals surface area contributed by atoms with E-state index in [1.165, 1.54) is 24.3 Å². The van der Waals surface area contributed by atoms with Crippen molar-refractivity contribution < 1.29 is 9.18 Å². The van der Waals surface area contributed by atoms with Crippen LogP contribution in [0.25, 0.3) is 6.08 Å². The van der Waals surface area contributed by atoms with Gasteiger partial charge < -0.3 is 5.32 Å². The van der Waals surface area contributed by atoms with E-state index < -0.39 is 5.82 Å². The van der Waals surface area contributed by atoms with Gasteiger partial charge in [0.05, 0.1) is 5.02 Å². The van der Waals surface area contributed by atoms with Gasteiger partial charge in [-0.25, -0.2) is 4.39 Å². The molecule has 0 saturated heterocycles. The third-order valence-corrected chi connectivity index (χ3v) is 3.67. The Morgan fingerprint density at radius 2 is 1.81 bits per heavy atom. The molecular weight excluding hydrogens is 312 g/mol. The molecule has 2 rings (SSSR count). The topological polar surface area (TPSA) is 29.1 Å². The molecule has 0 aliphatic heterocycles. The third kappa shape index (κ3) is 3.84. The standard InChI is InChI=1S/C16H12Cl2FNO/c1-10-12(17)4-3-7-15(10)20-16(21)9-8-11-13(18)5-2-6-14(11)19/h2-9H,1H3,(H,20,21). The molecule has 0 radical (unpaired) electrons. The number of halogens is 3. The quantitative estimate of drug-likeness (QED) is 0.783. The predicted octanol–water partition coefficient (Wildman–Crippen LogP) is 5.09. The van der Waals surface area contributed by atoms with E-state index in [4.69, 9.17) is 23.2 Å². The smallest absolute Gasteiger partial charge is 0.248 e. The summed E-state index contributed by atoms with van der Waals surface area (Å²) in [6, 6.07) is 9.56. The van der Waals surface area contributed by atoms with E-state index in [0.29, 0.717) is 10.7 Å². The van der Waals surface area contributed by atoms with Crippen LogP contribution in [0, 0.1) is 12.7 Å². The van der Waals surface area contributed by atoms with Gasteiger partial charge in [-0.15, -0.1) is 0 Å². The molecule has 108 valence electrons. The largest absolute Gasteiger partial charge is 0.322 e. The Balaban J connectivity index is 2.15. The van der Waals surface area contributed by atoms with Crippen molar-refractivity contribution in [3.8, 4) is 0 Å². The first-order valence-electron chi connectivity index (χ1n) is 6.17. The first kappa shape index (κ1) is 15.5. The molecule has 0 aliphatic rings. The molecule has 1 N–H and O–H groups in total. The molecule has 2 aromatic carbocycles. The van der Waals surface area contributed by atoms with Gasteiger partial charge >= 0.3 is 0 Å². The molecule has 21 heavy (non-hydrogen) atoms. The number of carbonyl (C=O) groups excluding carboxylic acids is 1. The summed E-state index contributed by atoms with van der Waals surface area (Å²) < 4.78 is 13.6. The van der Waals surface area contributed by atoms with Crippen molar-refractivity contribution in [1.29, 1.82) is 0 Å². The molecule has 5 heteroatoms. The fraction of sp³-hybridized carbons (Fsp3) is 0.0625. The lowest BCUT2D eigenvalue weighted by Crippen LogP contribution is -2.09. The number of carbonyl (C=O) groups is 1. The number of amides is 1. The van der Waals surface area contributed by atoms with Crippen LogP contribution in [0.3, 0.4) is 0 Å². The van der Waals surface area contributed by atoms with E-state index >= 15 is 0 Å². The Morgan fingerprint density at radius 3 is 2.52 bits per heavy atom. The van der Waals surface area contributed by atoms with Crippen LogP contribution >= 0.6 is 23.2 Å². The zero-order chi connectivity index (χ0) is 15.4. The zero-order valence-corrected chi connectivity index (χ0v) is 12.7. The highest BCUT2D eigenvalue weighted by Crippen LogP contribution is 2.23. The minimum atomic E-state index is -0.481. The van der Waals surface area contributed by atoms with Gasteiger partial charge in [-0.3, -0.25) is 4.79 Å². The van der Waals surface area contributed by atoms with E-state index in [1.807, 2.05) is 0 Å². The van der Waals surface area contributed by atoms with Gasteiger partial charge in [-0.05, 0) is 42.8 Å². The molecule has 0 saturated carbocycles. The highest BCUT2D eigenvalue weighted by molar-refractivity contribution is 6.32. The monoisotopic (exact) mass is 323 g/mol. The Hall–Kier alpha value is -1.84. The van der Waals surface area contributed by atoms with Crippen LogP contribution in [-0.2, 0) is 4.79 Å². The lowest BCUT2D eigenvalue weighted by molar-refractivity contribution is -0.111. The van der Waals surface area contributed by atoms with E-state index in [2.05, 4.69) is 5.32 Å². The van der Waals surface area contributed by atoms with E-state index in [1.54, 1.807) is 31.2 Å². The van der Waals surface area contributed by atoms with Crippen molar-refractivity contribution in [1.82, 2.24) is 0 Å². The minimum Gasteiger partial charge on any atom is -0.322 e. The Labute approximate surface area is 132 Å². The summed E-state index contributed by atoms with van der Waals surface area (Å²) in [5, 5.41) is 3.50. The van der Waals surface area contributed by atoms with Crippen molar-refractivity contribution in [2.75, 3.05) is 5.32 Å². The predicted molar refractivity (Wildman–Crippen MR) is 85.3 cm³/mol. The van der Waals surface area contributed by atoms with E-state index in [9.17, 15) is 9.18 Å². The molecule has 0 spiro atoms. The summed E-state index contributed by atoms with van der Waals surface area (Å²) >= 11 is 11.9. The van der Waals surface area contributed by atoms with Gasteiger partial charge in [-0.1, -0.05) is 35.3 Å². The first-order valence-corrected chi connectivity index (χ1v) is 6.93. The van der Waals surface area contributed by atoms with Crippen molar-refractivity contribution in [3.63, 3.8) is 0 Å². The Bertz CT molecular complexity index is 693. The van der Waals surface area contributed by atoms with Gasteiger partial charge in [-0.2, -0.15) is 0 Å². The lowest BCUT2D eigenvalue weighted by atomic mass is 10.2. The molecule has 0 aromatic heterocycles. The van der Waals surface area contributed by atoms with Crippen molar-refractivity contribution in [2.45, 2.75) is 6.92 Å².